The van der Waals surface area contributed by atoms with Gasteiger partial charge in [-0.3, -0.25) is 0 Å². The number of piperidine rings is 1. The van der Waals surface area contributed by atoms with Gasteiger partial charge in [0.05, 0.1) is 0 Å². The molecule has 24 heavy (non-hydrogen) atoms. The Bertz CT molecular complexity index is 672. The molecule has 0 bridgehead atoms. The Balaban J connectivity index is 1.71. The lowest BCUT2D eigenvalue weighted by Gasteiger charge is -2.27. The van der Waals surface area contributed by atoms with Crippen molar-refractivity contribution in [3.05, 3.63) is 48.2 Å². The fourth-order valence-electron chi connectivity index (χ4n) is 2.90. The number of aromatic nitrogens is 2. The molecular formula is C18H22N4O2. The van der Waals surface area contributed by atoms with E-state index in [2.05, 4.69) is 20.2 Å². The van der Waals surface area contributed by atoms with Gasteiger partial charge in [0.25, 0.3) is 0 Å². The fraction of sp³-hybridized carbons (Fsp3) is 0.389. The fourth-order valence-corrected chi connectivity index (χ4v) is 2.90. The molecule has 1 atom stereocenters. The van der Waals surface area contributed by atoms with Crippen molar-refractivity contribution in [1.29, 1.82) is 0 Å². The zero-order valence-corrected chi connectivity index (χ0v) is 13.6. The first-order chi connectivity index (χ1) is 11.7. The van der Waals surface area contributed by atoms with E-state index in [4.69, 9.17) is 0 Å². The average Bonchev–Trinajstić information content (AvgIpc) is 2.63. The van der Waals surface area contributed by atoms with Crippen LogP contribution in [0.25, 0.3) is 0 Å². The number of nitrogens with zero attached hydrogens (tertiary/aromatic N) is 3. The Morgan fingerprint density at radius 2 is 1.92 bits per heavy atom. The molecular weight excluding hydrogens is 304 g/mol. The standard InChI is InChI=1S/C18H22N4O2/c23-17(24)15(13-14-7-3-1-4-8-14)20-16-9-10-19-18(21-16)22-11-5-2-6-12-22/h1,3-4,7-10,15H,2,5-6,11-13H2,(H,23,24)(H,19,20,21)/t15-/m0/s1. The number of carboxylic acid groups (broad SMARTS) is 1. The lowest BCUT2D eigenvalue weighted by molar-refractivity contribution is -0.137. The molecule has 126 valence electrons. The van der Waals surface area contributed by atoms with Crippen LogP contribution in [-0.2, 0) is 11.2 Å². The molecule has 1 fully saturated rings. The minimum Gasteiger partial charge on any atom is -0.480 e. The first-order valence-electron chi connectivity index (χ1n) is 8.33. The number of benzene rings is 1. The SMILES string of the molecule is O=C(O)[C@H](Cc1ccccc1)Nc1ccnc(N2CCCCC2)n1. The van der Waals surface area contributed by atoms with Crippen molar-refractivity contribution >= 4 is 17.7 Å². The normalized spacial score (nSPS) is 15.8. The van der Waals surface area contributed by atoms with Crippen LogP contribution in [0.1, 0.15) is 24.8 Å². The van der Waals surface area contributed by atoms with Crippen LogP contribution < -0.4 is 10.2 Å². The Kier molecular flexibility index (Phi) is 5.25. The van der Waals surface area contributed by atoms with Crippen LogP contribution in [-0.4, -0.2) is 40.2 Å². The van der Waals surface area contributed by atoms with Gasteiger partial charge in [0, 0.05) is 25.7 Å². The summed E-state index contributed by atoms with van der Waals surface area (Å²) in [6.45, 7) is 1.91. The first kappa shape index (κ1) is 16.2. The molecule has 2 N–H and O–H groups in total. The van der Waals surface area contributed by atoms with Crippen LogP contribution in [0.2, 0.25) is 0 Å². The summed E-state index contributed by atoms with van der Waals surface area (Å²) < 4.78 is 0. The maximum absolute atomic E-state index is 11.6. The van der Waals surface area contributed by atoms with Gasteiger partial charge in [-0.05, 0) is 30.9 Å². The highest BCUT2D eigenvalue weighted by Gasteiger charge is 2.19. The van der Waals surface area contributed by atoms with Crippen molar-refractivity contribution in [2.45, 2.75) is 31.7 Å². The van der Waals surface area contributed by atoms with Gasteiger partial charge in [-0.25, -0.2) is 9.78 Å². The first-order valence-corrected chi connectivity index (χ1v) is 8.33. The van der Waals surface area contributed by atoms with Crippen LogP contribution >= 0.6 is 0 Å². The molecule has 0 spiro atoms. The molecule has 1 aromatic heterocycles. The second-order valence-corrected chi connectivity index (χ2v) is 6.01. The maximum atomic E-state index is 11.6. The molecule has 0 saturated carbocycles. The summed E-state index contributed by atoms with van der Waals surface area (Å²) >= 11 is 0. The van der Waals surface area contributed by atoms with Crippen LogP contribution in [0.5, 0.6) is 0 Å². The van der Waals surface area contributed by atoms with E-state index in [1.807, 2.05) is 30.3 Å². The van der Waals surface area contributed by atoms with Crippen LogP contribution in [0.3, 0.4) is 0 Å². The topological polar surface area (TPSA) is 78.3 Å². The molecule has 0 aliphatic carbocycles. The average molecular weight is 326 g/mol. The Hall–Kier alpha value is -2.63. The molecule has 6 nitrogen and oxygen atoms in total. The lowest BCUT2D eigenvalue weighted by Crippen LogP contribution is -2.33. The summed E-state index contributed by atoms with van der Waals surface area (Å²) in [5.74, 6) is 0.328. The number of anilines is 2. The molecule has 0 radical (unpaired) electrons. The number of hydrogen-bond donors (Lipinski definition) is 2. The quantitative estimate of drug-likeness (QED) is 0.849. The molecule has 1 aromatic carbocycles. The summed E-state index contributed by atoms with van der Waals surface area (Å²) in [6, 6.07) is 10.6. The molecule has 0 amide bonds. The highest BCUT2D eigenvalue weighted by atomic mass is 16.4. The molecule has 3 rings (SSSR count). The zero-order valence-electron chi connectivity index (χ0n) is 13.6. The largest absolute Gasteiger partial charge is 0.480 e. The molecule has 0 unspecified atom stereocenters. The number of carboxylic acids is 1. The van der Waals surface area contributed by atoms with Crippen LogP contribution in [0.4, 0.5) is 11.8 Å². The summed E-state index contributed by atoms with van der Waals surface area (Å²) in [5, 5.41) is 12.5. The third-order valence-corrected chi connectivity index (χ3v) is 4.18. The van der Waals surface area contributed by atoms with Gasteiger partial charge in [0.2, 0.25) is 5.95 Å². The maximum Gasteiger partial charge on any atom is 0.326 e. The Labute approximate surface area is 141 Å². The molecule has 1 aliphatic heterocycles. The van der Waals surface area contributed by atoms with Crippen molar-refractivity contribution in [3.8, 4) is 0 Å². The van der Waals surface area contributed by atoms with Crippen molar-refractivity contribution in [2.75, 3.05) is 23.3 Å². The second-order valence-electron chi connectivity index (χ2n) is 6.01. The second kappa shape index (κ2) is 7.77. The van der Waals surface area contributed by atoms with Gasteiger partial charge in [0.1, 0.15) is 11.9 Å². The predicted octanol–water partition coefficient (Wildman–Crippen LogP) is 2.57. The van der Waals surface area contributed by atoms with E-state index in [-0.39, 0.29) is 0 Å². The van der Waals surface area contributed by atoms with Crippen molar-refractivity contribution in [2.24, 2.45) is 0 Å². The minimum atomic E-state index is -0.892. The number of aliphatic carboxylic acids is 1. The number of carbonyl (C=O) groups is 1. The molecule has 1 aliphatic rings. The number of hydrogen-bond acceptors (Lipinski definition) is 5. The van der Waals surface area contributed by atoms with Gasteiger partial charge in [-0.1, -0.05) is 30.3 Å². The Morgan fingerprint density at radius 1 is 1.17 bits per heavy atom. The monoisotopic (exact) mass is 326 g/mol. The number of nitrogens with one attached hydrogen (secondary N) is 1. The summed E-state index contributed by atoms with van der Waals surface area (Å²) in [6.07, 6.45) is 5.62. The van der Waals surface area contributed by atoms with E-state index in [0.717, 1.165) is 31.5 Å². The summed E-state index contributed by atoms with van der Waals surface area (Å²) in [5.41, 5.74) is 0.975. The van der Waals surface area contributed by atoms with Gasteiger partial charge in [-0.2, -0.15) is 4.98 Å². The van der Waals surface area contributed by atoms with Gasteiger partial charge in [0.15, 0.2) is 0 Å². The lowest BCUT2D eigenvalue weighted by atomic mass is 10.1. The van der Waals surface area contributed by atoms with E-state index in [1.54, 1.807) is 12.3 Å². The van der Waals surface area contributed by atoms with E-state index in [9.17, 15) is 9.90 Å². The third kappa shape index (κ3) is 4.22. The molecule has 2 heterocycles. The smallest absolute Gasteiger partial charge is 0.326 e. The number of rotatable bonds is 6. The van der Waals surface area contributed by atoms with Crippen molar-refractivity contribution in [3.63, 3.8) is 0 Å². The van der Waals surface area contributed by atoms with Crippen molar-refractivity contribution in [1.82, 2.24) is 9.97 Å². The van der Waals surface area contributed by atoms with E-state index < -0.39 is 12.0 Å². The Morgan fingerprint density at radius 3 is 2.62 bits per heavy atom. The highest BCUT2D eigenvalue weighted by molar-refractivity contribution is 5.77. The summed E-state index contributed by atoms with van der Waals surface area (Å²) in [7, 11) is 0. The summed E-state index contributed by atoms with van der Waals surface area (Å²) in [4.78, 5) is 22.6. The zero-order chi connectivity index (χ0) is 16.8. The third-order valence-electron chi connectivity index (χ3n) is 4.18. The minimum absolute atomic E-state index is 0.402. The van der Waals surface area contributed by atoms with Crippen LogP contribution in [0.15, 0.2) is 42.6 Å². The van der Waals surface area contributed by atoms with Gasteiger partial charge in [-0.15, -0.1) is 0 Å². The van der Waals surface area contributed by atoms with E-state index in [1.165, 1.54) is 6.42 Å². The van der Waals surface area contributed by atoms with Crippen LogP contribution in [0, 0.1) is 0 Å². The van der Waals surface area contributed by atoms with Crippen molar-refractivity contribution < 1.29 is 9.90 Å². The molecule has 6 heteroatoms. The van der Waals surface area contributed by atoms with E-state index >= 15 is 0 Å². The van der Waals surface area contributed by atoms with Gasteiger partial charge >= 0.3 is 5.97 Å². The molecule has 2 aromatic rings. The predicted molar refractivity (Wildman–Crippen MR) is 93.3 cm³/mol. The highest BCUT2D eigenvalue weighted by Crippen LogP contribution is 2.17. The van der Waals surface area contributed by atoms with E-state index in [0.29, 0.717) is 18.2 Å². The molecule has 1 saturated heterocycles. The van der Waals surface area contributed by atoms with Gasteiger partial charge < -0.3 is 15.3 Å².